The summed E-state index contributed by atoms with van der Waals surface area (Å²) in [6.45, 7) is 5.35. The highest BCUT2D eigenvalue weighted by Crippen LogP contribution is 1.93. The molecule has 0 saturated carbocycles. The van der Waals surface area contributed by atoms with E-state index in [1.165, 1.54) is 0 Å². The number of rotatable bonds is 3. The summed E-state index contributed by atoms with van der Waals surface area (Å²) in [6, 6.07) is 0. The Kier molecular flexibility index (Phi) is 4.21. The van der Waals surface area contributed by atoms with Gasteiger partial charge in [0.1, 0.15) is 5.41 Å². The maximum Gasteiger partial charge on any atom is 0.160 e. The third-order valence-electron chi connectivity index (χ3n) is 0.751. The first kappa shape index (κ1) is 8.19. The predicted octanol–water partition coefficient (Wildman–Crippen LogP) is -0.814. The number of carbonyl (C=O) groups excluding carboxylic acids is 1. The first-order valence-electron chi connectivity index (χ1n) is 2.36. The lowest BCUT2D eigenvalue weighted by Gasteiger charge is -1.91. The molecule has 0 aromatic carbocycles. The van der Waals surface area contributed by atoms with Crippen LogP contribution in [0.2, 0.25) is 0 Å². The van der Waals surface area contributed by atoms with Crippen LogP contribution >= 0.6 is 10.7 Å². The summed E-state index contributed by atoms with van der Waals surface area (Å²) >= 11 is 0. The Hall–Kier alpha value is 0.194. The van der Waals surface area contributed by atoms with Crippen molar-refractivity contribution in [3.63, 3.8) is 0 Å². The second-order valence-electron chi connectivity index (χ2n) is 1.64. The van der Waals surface area contributed by atoms with Crippen LogP contribution in [0.15, 0.2) is 12.2 Å². The quantitative estimate of drug-likeness (QED) is 0.399. The molecule has 0 aliphatic heterocycles. The van der Waals surface area contributed by atoms with Crippen LogP contribution in [-0.4, -0.2) is 23.5 Å². The monoisotopic (exact) mass is 162 g/mol. The standard InChI is InChI=1S/C4H10OSSi2/c1-3(2)4(5)8-6-7/h1,8H2,2,7H3. The normalized spacial score (nSPS) is 10.6. The highest BCUT2D eigenvalue weighted by Gasteiger charge is 1.98. The van der Waals surface area contributed by atoms with Crippen LogP contribution in [0.25, 0.3) is 0 Å². The molecule has 0 spiro atoms. The third kappa shape index (κ3) is 3.23. The first-order chi connectivity index (χ1) is 3.68. The minimum absolute atomic E-state index is 0.324. The van der Waals surface area contributed by atoms with Crippen molar-refractivity contribution in [2.75, 3.05) is 0 Å². The van der Waals surface area contributed by atoms with Crippen molar-refractivity contribution in [3.8, 4) is 0 Å². The van der Waals surface area contributed by atoms with Gasteiger partial charge in [-0.1, -0.05) is 6.58 Å². The average Bonchev–Trinajstić information content (AvgIpc) is 1.67. The van der Waals surface area contributed by atoms with Crippen LogP contribution in [0.1, 0.15) is 6.92 Å². The molecule has 0 atom stereocenters. The van der Waals surface area contributed by atoms with Crippen molar-refractivity contribution in [2.45, 2.75) is 6.92 Å². The van der Waals surface area contributed by atoms with Gasteiger partial charge in [-0.25, -0.2) is 10.7 Å². The van der Waals surface area contributed by atoms with E-state index in [-0.39, 0.29) is 0 Å². The smallest absolute Gasteiger partial charge is 0.160 e. The molecule has 0 heterocycles. The second kappa shape index (κ2) is 4.11. The molecule has 0 unspecified atom stereocenters. The lowest BCUT2D eigenvalue weighted by molar-refractivity contribution is -0.108. The molecule has 0 bridgehead atoms. The van der Waals surface area contributed by atoms with Crippen LogP contribution < -0.4 is 0 Å². The predicted molar refractivity (Wildman–Crippen MR) is 45.9 cm³/mol. The fourth-order valence-corrected chi connectivity index (χ4v) is 4.65. The van der Waals surface area contributed by atoms with Gasteiger partial charge < -0.3 is 4.79 Å². The van der Waals surface area contributed by atoms with Gasteiger partial charge in [-0.05, 0) is 12.5 Å². The van der Waals surface area contributed by atoms with Gasteiger partial charge >= 0.3 is 0 Å². The van der Waals surface area contributed by atoms with Crippen LogP contribution in [-0.2, 0) is 4.79 Å². The van der Waals surface area contributed by atoms with Gasteiger partial charge in [0.2, 0.25) is 0 Å². The van der Waals surface area contributed by atoms with Crippen LogP contribution in [0.4, 0.5) is 0 Å². The summed E-state index contributed by atoms with van der Waals surface area (Å²) in [5, 5.41) is 0.324. The number of allylic oxidation sites excluding steroid dienone is 1. The second-order valence-corrected chi connectivity index (χ2v) is 10.9. The summed E-state index contributed by atoms with van der Waals surface area (Å²) in [5.74, 6) is 0. The molecule has 4 heteroatoms. The Morgan fingerprint density at radius 1 is 1.88 bits per heavy atom. The molecule has 0 radical (unpaired) electrons. The number of carbonyl (C=O) groups is 1. The Morgan fingerprint density at radius 3 is 2.50 bits per heavy atom. The molecular formula is C4H10OSSi2. The van der Waals surface area contributed by atoms with Crippen molar-refractivity contribution in [3.05, 3.63) is 12.2 Å². The molecule has 46 valence electrons. The van der Waals surface area contributed by atoms with Gasteiger partial charge in [0.25, 0.3) is 0 Å². The van der Waals surface area contributed by atoms with E-state index in [2.05, 4.69) is 6.58 Å². The third-order valence-corrected chi connectivity index (χ3v) is 6.16. The van der Waals surface area contributed by atoms with Crippen molar-refractivity contribution in [1.29, 1.82) is 0 Å². The molecule has 0 N–H and O–H groups in total. The van der Waals surface area contributed by atoms with Gasteiger partial charge in [-0.3, -0.25) is 0 Å². The fraction of sp³-hybridized carbons (Fsp3) is 0.250. The van der Waals surface area contributed by atoms with Crippen molar-refractivity contribution >= 4 is 34.1 Å². The van der Waals surface area contributed by atoms with E-state index in [1.54, 1.807) is 17.6 Å². The minimum Gasteiger partial charge on any atom is -0.300 e. The molecule has 0 fully saturated rings. The van der Waals surface area contributed by atoms with E-state index in [1.807, 2.05) is 0 Å². The van der Waals surface area contributed by atoms with Crippen molar-refractivity contribution < 1.29 is 4.79 Å². The Bertz CT molecular complexity index is 113. The van der Waals surface area contributed by atoms with E-state index < -0.39 is 8.67 Å². The molecule has 0 aromatic heterocycles. The lowest BCUT2D eigenvalue weighted by atomic mass is 10.4. The molecule has 0 rings (SSSR count). The van der Waals surface area contributed by atoms with Gasteiger partial charge in [-0.15, -0.1) is 0 Å². The van der Waals surface area contributed by atoms with E-state index in [0.29, 0.717) is 5.41 Å². The Morgan fingerprint density at radius 2 is 2.38 bits per heavy atom. The van der Waals surface area contributed by atoms with Crippen LogP contribution in [0.5, 0.6) is 0 Å². The van der Waals surface area contributed by atoms with Gasteiger partial charge in [0.05, 0.1) is 9.39 Å². The maximum atomic E-state index is 10.7. The molecular weight excluding hydrogens is 152 g/mol. The Balaban J connectivity index is 3.49. The van der Waals surface area contributed by atoms with Gasteiger partial charge in [-0.2, -0.15) is 0 Å². The molecule has 8 heavy (non-hydrogen) atoms. The van der Waals surface area contributed by atoms with Gasteiger partial charge in [0.15, 0.2) is 8.67 Å². The minimum atomic E-state index is -0.461. The summed E-state index contributed by atoms with van der Waals surface area (Å²) in [4.78, 5) is 10.7. The van der Waals surface area contributed by atoms with E-state index in [0.717, 1.165) is 15.0 Å². The summed E-state index contributed by atoms with van der Waals surface area (Å²) in [7, 11) is 2.44. The van der Waals surface area contributed by atoms with Crippen LogP contribution in [0, 0.1) is 0 Å². The zero-order valence-electron chi connectivity index (χ0n) is 5.23. The van der Waals surface area contributed by atoms with Crippen molar-refractivity contribution in [2.24, 2.45) is 0 Å². The Labute approximate surface area is 58.5 Å². The highest BCUT2D eigenvalue weighted by molar-refractivity contribution is 8.40. The summed E-state index contributed by atoms with van der Waals surface area (Å²) < 4.78 is 0. The highest BCUT2D eigenvalue weighted by atomic mass is 32.5. The maximum absolute atomic E-state index is 10.7. The zero-order chi connectivity index (χ0) is 6.57. The first-order valence-corrected chi connectivity index (χ1v) is 8.64. The molecule has 0 amide bonds. The number of hydrogen-bond donors (Lipinski definition) is 0. The topological polar surface area (TPSA) is 17.1 Å². The lowest BCUT2D eigenvalue weighted by Crippen LogP contribution is -2.04. The summed E-state index contributed by atoms with van der Waals surface area (Å²) in [5.41, 5.74) is 0.736. The molecule has 0 aliphatic carbocycles. The van der Waals surface area contributed by atoms with Crippen molar-refractivity contribution in [1.82, 2.24) is 0 Å². The summed E-state index contributed by atoms with van der Waals surface area (Å²) in [6.07, 6.45) is 0. The number of hydrogen-bond acceptors (Lipinski definition) is 2. The van der Waals surface area contributed by atoms with E-state index >= 15 is 0 Å². The molecule has 0 saturated heterocycles. The van der Waals surface area contributed by atoms with E-state index in [9.17, 15) is 4.79 Å². The van der Waals surface area contributed by atoms with Gasteiger partial charge in [0, 0.05) is 0 Å². The molecule has 0 aromatic rings. The van der Waals surface area contributed by atoms with E-state index in [4.69, 9.17) is 0 Å². The largest absolute Gasteiger partial charge is 0.300 e. The van der Waals surface area contributed by atoms with Crippen LogP contribution in [0.3, 0.4) is 0 Å². The molecule has 0 aliphatic rings. The SMILES string of the molecule is C=C(C)C(=O)[SiH2]S[SiH3]. The fourth-order valence-electron chi connectivity index (χ4n) is 0.254. The average molecular weight is 162 g/mol. The molecule has 1 nitrogen and oxygen atoms in total. The zero-order valence-corrected chi connectivity index (χ0v) is 9.46.